The molecular formula is C27H29F2N7O2. The van der Waals surface area contributed by atoms with Gasteiger partial charge in [0.2, 0.25) is 17.8 Å². The highest BCUT2D eigenvalue weighted by Crippen LogP contribution is 2.41. The van der Waals surface area contributed by atoms with Crippen LogP contribution in [0.25, 0.3) is 0 Å². The highest BCUT2D eigenvalue weighted by Gasteiger charge is 2.41. The number of carbonyl (C=O) groups is 2. The Labute approximate surface area is 218 Å². The molecule has 0 spiro atoms. The van der Waals surface area contributed by atoms with Gasteiger partial charge in [-0.05, 0) is 36.8 Å². The molecule has 3 fully saturated rings. The maximum absolute atomic E-state index is 14.8. The number of nitrogens with zero attached hydrogens (tertiary/aromatic N) is 6. The van der Waals surface area contributed by atoms with E-state index in [2.05, 4.69) is 25.5 Å². The van der Waals surface area contributed by atoms with Crippen LogP contribution < -0.4 is 10.2 Å². The predicted molar refractivity (Wildman–Crippen MR) is 134 cm³/mol. The van der Waals surface area contributed by atoms with E-state index in [4.69, 9.17) is 0 Å². The summed E-state index contributed by atoms with van der Waals surface area (Å²) in [4.78, 5) is 34.3. The summed E-state index contributed by atoms with van der Waals surface area (Å²) in [7, 11) is 0. The van der Waals surface area contributed by atoms with Crippen molar-refractivity contribution < 1.29 is 18.4 Å². The van der Waals surface area contributed by atoms with E-state index in [-0.39, 0.29) is 25.4 Å². The third-order valence-electron chi connectivity index (χ3n) is 7.57. The number of halogens is 2. The fourth-order valence-electron chi connectivity index (χ4n) is 5.21. The lowest BCUT2D eigenvalue weighted by Crippen LogP contribution is -2.48. The van der Waals surface area contributed by atoms with Gasteiger partial charge in [0, 0.05) is 25.1 Å². The van der Waals surface area contributed by atoms with Gasteiger partial charge < -0.3 is 15.1 Å². The Bertz CT molecular complexity index is 1330. The maximum Gasteiger partial charge on any atom is 0.245 e. The molecule has 6 rings (SSSR count). The molecule has 1 saturated carbocycles. The predicted octanol–water partition coefficient (Wildman–Crippen LogP) is 2.74. The number of benzene rings is 1. The molecule has 3 unspecified atom stereocenters. The number of aromatic nitrogens is 4. The van der Waals surface area contributed by atoms with E-state index in [9.17, 15) is 18.4 Å². The molecule has 1 aliphatic carbocycles. The molecule has 9 nitrogen and oxygen atoms in total. The van der Waals surface area contributed by atoms with Crippen LogP contribution in [0, 0.1) is 5.95 Å². The van der Waals surface area contributed by atoms with Gasteiger partial charge in [0.25, 0.3) is 0 Å². The zero-order valence-corrected chi connectivity index (χ0v) is 20.8. The Kier molecular flexibility index (Phi) is 6.50. The molecule has 1 aromatic carbocycles. The topological polar surface area (TPSA) is 96.2 Å². The zero-order valence-electron chi connectivity index (χ0n) is 20.8. The number of anilines is 1. The molecular weight excluding hydrogens is 492 g/mol. The van der Waals surface area contributed by atoms with Gasteiger partial charge in [-0.25, -0.2) is 14.1 Å². The van der Waals surface area contributed by atoms with Gasteiger partial charge in [-0.2, -0.15) is 4.39 Å². The number of carbonyl (C=O) groups excluding carboxylic acids is 2. The van der Waals surface area contributed by atoms with Gasteiger partial charge in [-0.1, -0.05) is 41.6 Å². The highest BCUT2D eigenvalue weighted by molar-refractivity contribution is 5.89. The van der Waals surface area contributed by atoms with Crippen molar-refractivity contribution in [3.8, 4) is 0 Å². The first-order valence-corrected chi connectivity index (χ1v) is 13.1. The molecule has 2 aromatic heterocycles. The van der Waals surface area contributed by atoms with Gasteiger partial charge in [0.05, 0.1) is 24.5 Å². The Morgan fingerprint density at radius 3 is 2.58 bits per heavy atom. The lowest BCUT2D eigenvalue weighted by Gasteiger charge is -2.32. The van der Waals surface area contributed by atoms with E-state index >= 15 is 0 Å². The van der Waals surface area contributed by atoms with Crippen LogP contribution in [0.5, 0.6) is 0 Å². The SMILES string of the molecule is O=C(NC(c1ccccc1)c1ccc(C2CC2)c(F)n1)C1CC(F)CN1C(=O)Cn1nncc1N1CCC1. The van der Waals surface area contributed by atoms with E-state index in [1.54, 1.807) is 18.3 Å². The van der Waals surface area contributed by atoms with Gasteiger partial charge in [0.15, 0.2) is 0 Å². The number of hydrogen-bond acceptors (Lipinski definition) is 6. The van der Waals surface area contributed by atoms with Crippen molar-refractivity contribution in [1.29, 1.82) is 0 Å². The monoisotopic (exact) mass is 521 g/mol. The molecule has 38 heavy (non-hydrogen) atoms. The molecule has 4 heterocycles. The van der Waals surface area contributed by atoms with Crippen LogP contribution in [0.2, 0.25) is 0 Å². The smallest absolute Gasteiger partial charge is 0.245 e. The normalized spacial score (nSPS) is 21.7. The zero-order chi connectivity index (χ0) is 26.2. The number of amides is 2. The largest absolute Gasteiger partial charge is 0.355 e. The summed E-state index contributed by atoms with van der Waals surface area (Å²) in [5.74, 6) is -0.525. The Morgan fingerprint density at radius 2 is 1.89 bits per heavy atom. The van der Waals surface area contributed by atoms with Crippen molar-refractivity contribution >= 4 is 17.6 Å². The summed E-state index contributed by atoms with van der Waals surface area (Å²) in [5, 5.41) is 10.9. The molecule has 2 saturated heterocycles. The van der Waals surface area contributed by atoms with Gasteiger partial charge in [0.1, 0.15) is 24.6 Å². The summed E-state index contributed by atoms with van der Waals surface area (Å²) in [6.07, 6.45) is 3.11. The molecule has 3 aliphatic rings. The lowest BCUT2D eigenvalue weighted by atomic mass is 10.0. The van der Waals surface area contributed by atoms with Crippen LogP contribution in [0.3, 0.4) is 0 Å². The van der Waals surface area contributed by atoms with Crippen LogP contribution in [0.4, 0.5) is 14.6 Å². The first-order chi connectivity index (χ1) is 18.5. The van der Waals surface area contributed by atoms with Crippen molar-refractivity contribution in [1.82, 2.24) is 30.2 Å². The quantitative estimate of drug-likeness (QED) is 0.458. The third kappa shape index (κ3) is 4.84. The second-order valence-corrected chi connectivity index (χ2v) is 10.2. The molecule has 2 aliphatic heterocycles. The first kappa shape index (κ1) is 24.4. The fourth-order valence-corrected chi connectivity index (χ4v) is 5.21. The molecule has 1 N–H and O–H groups in total. The van der Waals surface area contributed by atoms with Crippen molar-refractivity contribution in [3.05, 3.63) is 71.4 Å². The number of nitrogens with one attached hydrogen (secondary N) is 1. The summed E-state index contributed by atoms with van der Waals surface area (Å²) in [5.41, 5.74) is 1.65. The average Bonchev–Trinajstić information content (AvgIpc) is 3.51. The average molecular weight is 522 g/mol. The Morgan fingerprint density at radius 1 is 1.11 bits per heavy atom. The lowest BCUT2D eigenvalue weighted by molar-refractivity contribution is -0.139. The fraction of sp³-hybridized carbons (Fsp3) is 0.444. The summed E-state index contributed by atoms with van der Waals surface area (Å²) in [6.45, 7) is 1.41. The number of likely N-dealkylation sites (tertiary alicyclic amines) is 1. The minimum absolute atomic E-state index is 0.113. The molecule has 3 aromatic rings. The van der Waals surface area contributed by atoms with Crippen LogP contribution in [0.1, 0.15) is 54.5 Å². The summed E-state index contributed by atoms with van der Waals surface area (Å²) in [6, 6.07) is 10.8. The minimum atomic E-state index is -1.33. The molecule has 0 radical (unpaired) electrons. The second kappa shape index (κ2) is 10.1. The third-order valence-corrected chi connectivity index (χ3v) is 7.57. The first-order valence-electron chi connectivity index (χ1n) is 13.1. The van der Waals surface area contributed by atoms with E-state index in [1.807, 2.05) is 30.3 Å². The van der Waals surface area contributed by atoms with E-state index in [0.29, 0.717) is 16.8 Å². The van der Waals surface area contributed by atoms with E-state index < -0.39 is 36.0 Å². The molecule has 198 valence electrons. The molecule has 3 atom stereocenters. The summed E-state index contributed by atoms with van der Waals surface area (Å²) >= 11 is 0. The molecule has 2 amide bonds. The van der Waals surface area contributed by atoms with Crippen molar-refractivity contribution in [2.45, 2.75) is 56.4 Å². The van der Waals surface area contributed by atoms with Crippen LogP contribution in [0.15, 0.2) is 48.7 Å². The van der Waals surface area contributed by atoms with Crippen LogP contribution in [-0.2, 0) is 16.1 Å². The Balaban J connectivity index is 1.22. The van der Waals surface area contributed by atoms with Gasteiger partial charge in [-0.3, -0.25) is 9.59 Å². The van der Waals surface area contributed by atoms with Crippen LogP contribution >= 0.6 is 0 Å². The van der Waals surface area contributed by atoms with Crippen molar-refractivity contribution in [2.75, 3.05) is 24.5 Å². The Hall–Kier alpha value is -3.89. The standard InChI is InChI=1S/C27H29F2N7O2/c28-19-13-22(35(15-19)24(37)16-36-23(14-30-33-36)34-11-4-12-34)27(38)32-25(18-5-2-1-3-6-18)21-10-9-20(17-7-8-17)26(29)31-21/h1-3,5-6,9-10,14,17,19,22,25H,4,7-8,11-13,15-16H2,(H,32,38). The van der Waals surface area contributed by atoms with Crippen molar-refractivity contribution in [2.24, 2.45) is 0 Å². The van der Waals surface area contributed by atoms with Gasteiger partial charge in [-0.15, -0.1) is 5.10 Å². The summed E-state index contributed by atoms with van der Waals surface area (Å²) < 4.78 is 30.9. The molecule has 11 heteroatoms. The van der Waals surface area contributed by atoms with E-state index in [1.165, 1.54) is 9.58 Å². The molecule has 0 bridgehead atoms. The van der Waals surface area contributed by atoms with Gasteiger partial charge >= 0.3 is 0 Å². The second-order valence-electron chi connectivity index (χ2n) is 10.2. The van der Waals surface area contributed by atoms with Crippen molar-refractivity contribution in [3.63, 3.8) is 0 Å². The number of pyridine rings is 1. The minimum Gasteiger partial charge on any atom is -0.355 e. The highest BCUT2D eigenvalue weighted by atomic mass is 19.1. The number of rotatable bonds is 8. The van der Waals surface area contributed by atoms with Crippen LogP contribution in [-0.4, -0.2) is 68.5 Å². The van der Waals surface area contributed by atoms with E-state index in [0.717, 1.165) is 38.2 Å². The number of hydrogen-bond donors (Lipinski definition) is 1. The maximum atomic E-state index is 14.8. The number of alkyl halides is 1.